The number of carbonyl (C=O) groups is 9. The highest BCUT2D eigenvalue weighted by atomic mass is 32.1. The SMILES string of the molecule is Cc1sc2nc1C(=O)C[C@@H]([C@H](OC(=O)NCC(=O)O)c1ccccc1)c1nc(cs1)C(=O)N[C@@H](Cc1ccc(O)cc1)C(=O)N1C[C@H](O)[C@H](C)[C@H]1c1nc(cs1)-c1nc(cs1)-c1nc(-c3nc(C(=O)NC4CCC(C(=O)O)CC4)cs3)ccc1-c1nc(cs1)C(=O)N[C@H]2CC(N)=O. The molecule has 27 nitrogen and oxygen atoms in total. The maximum Gasteiger partial charge on any atom is 0.408 e. The van der Waals surface area contributed by atoms with Crippen molar-refractivity contribution in [1.29, 1.82) is 0 Å². The van der Waals surface area contributed by atoms with E-state index in [1.54, 1.807) is 84.6 Å². The van der Waals surface area contributed by atoms with Crippen LogP contribution in [0.2, 0.25) is 0 Å². The summed E-state index contributed by atoms with van der Waals surface area (Å²) in [7, 11) is 0. The number of hydrogen-bond donors (Lipinski definition) is 9. The Kier molecular flexibility index (Phi) is 20.1. The predicted octanol–water partition coefficient (Wildman–Crippen LogP) is 8.37. The molecule has 33 heteroatoms. The first-order valence-electron chi connectivity index (χ1n) is 30.3. The number of aromatic hydroxyl groups is 1. The highest BCUT2D eigenvalue weighted by molar-refractivity contribution is 7.15. The van der Waals surface area contributed by atoms with Gasteiger partial charge in [-0.1, -0.05) is 49.4 Å². The summed E-state index contributed by atoms with van der Waals surface area (Å²) in [5.41, 5.74) is 8.41. The highest BCUT2D eigenvalue weighted by Gasteiger charge is 2.46. The lowest BCUT2D eigenvalue weighted by molar-refractivity contribution is -0.143. The molecule has 9 heterocycles. The molecule has 97 heavy (non-hydrogen) atoms. The number of nitrogens with two attached hydrogens (primary N) is 1. The lowest BCUT2D eigenvalue weighted by Gasteiger charge is -2.29. The van der Waals surface area contributed by atoms with Gasteiger partial charge >= 0.3 is 18.0 Å². The first kappa shape index (κ1) is 67.3. The fraction of sp³-hybridized carbons (Fsp3) is 0.312. The smallest absolute Gasteiger partial charge is 0.408 e. The number of thiazole rings is 6. The number of phenolic OH excluding ortho intramolecular Hbond substituents is 1. The van der Waals surface area contributed by atoms with Crippen molar-refractivity contribution >= 4 is 121 Å². The average Bonchev–Trinajstić information content (AvgIpc) is 1.63. The number of carboxylic acid groups (broad SMARTS) is 2. The topological polar surface area (TPSA) is 411 Å². The summed E-state index contributed by atoms with van der Waals surface area (Å²) in [6, 6.07) is 14.2. The van der Waals surface area contributed by atoms with Crippen LogP contribution >= 0.6 is 68.0 Å². The number of aliphatic hydroxyl groups excluding tert-OH is 1. The Morgan fingerprint density at radius 1 is 0.701 bits per heavy atom. The Bertz CT molecular complexity index is 4500. The number of rotatable bonds is 13. The minimum Gasteiger partial charge on any atom is -0.508 e. The van der Waals surface area contributed by atoms with Crippen molar-refractivity contribution in [2.45, 2.75) is 101 Å². The number of nitrogens with one attached hydrogen (secondary N) is 4. The van der Waals surface area contributed by atoms with Gasteiger partial charge in [0.2, 0.25) is 11.8 Å². The van der Waals surface area contributed by atoms with Crippen molar-refractivity contribution < 1.29 is 68.3 Å². The number of amides is 6. The van der Waals surface area contributed by atoms with Crippen molar-refractivity contribution in [1.82, 2.24) is 61.1 Å². The second-order valence-electron chi connectivity index (χ2n) is 23.3. The lowest BCUT2D eigenvalue weighted by atomic mass is 9.86. The molecule has 3 aliphatic rings. The van der Waals surface area contributed by atoms with Crippen molar-refractivity contribution in [3.05, 3.63) is 147 Å². The number of aliphatic hydroxyl groups is 1. The molecule has 500 valence electrons. The zero-order valence-electron chi connectivity index (χ0n) is 51.3. The van der Waals surface area contributed by atoms with E-state index in [1.807, 2.05) is 0 Å². The third-order valence-corrected chi connectivity index (χ3v) is 22.3. The molecule has 0 unspecified atom stereocenters. The molecule has 7 atom stereocenters. The van der Waals surface area contributed by atoms with Gasteiger partial charge < -0.3 is 57.1 Å². The number of ketones is 1. The number of aromatic nitrogens is 7. The van der Waals surface area contributed by atoms with Gasteiger partial charge in [0.25, 0.3) is 17.7 Å². The minimum absolute atomic E-state index is 0.0397. The first-order chi connectivity index (χ1) is 46.6. The zero-order valence-corrected chi connectivity index (χ0v) is 56.2. The molecule has 0 radical (unpaired) electrons. The number of Topliss-reactive ketones (excluding diaryl/α,β-unsaturated/α-hetero) is 1. The van der Waals surface area contributed by atoms with Crippen LogP contribution in [0.3, 0.4) is 0 Å². The molecule has 2 aliphatic heterocycles. The fourth-order valence-corrected chi connectivity index (χ4v) is 17.1. The maximum absolute atomic E-state index is 15.3. The number of carbonyl (C=O) groups excluding carboxylic acids is 7. The molecule has 10 bridgehead atoms. The molecular formula is C64H59N13O14S6. The number of benzene rings is 2. The predicted molar refractivity (Wildman–Crippen MR) is 358 cm³/mol. The summed E-state index contributed by atoms with van der Waals surface area (Å²) in [5.74, 6) is -8.49. The van der Waals surface area contributed by atoms with Gasteiger partial charge in [0.15, 0.2) is 5.78 Å². The summed E-state index contributed by atoms with van der Waals surface area (Å²) in [5, 5.41) is 61.6. The first-order valence-corrected chi connectivity index (χ1v) is 35.5. The molecule has 12 rings (SSSR count). The van der Waals surface area contributed by atoms with E-state index in [0.29, 0.717) is 90.1 Å². The Morgan fingerprint density at radius 2 is 1.35 bits per heavy atom. The molecule has 10 N–H and O–H groups in total. The number of primary amides is 1. The van der Waals surface area contributed by atoms with E-state index in [-0.39, 0.29) is 57.5 Å². The molecule has 7 aromatic heterocycles. The van der Waals surface area contributed by atoms with E-state index < -0.39 is 121 Å². The van der Waals surface area contributed by atoms with Gasteiger partial charge in [0.05, 0.1) is 42.1 Å². The number of aliphatic carboxylic acids is 2. The number of phenols is 1. The summed E-state index contributed by atoms with van der Waals surface area (Å²) in [6.07, 6.45) is -2.71. The Balaban J connectivity index is 0.944. The number of hydrogen-bond acceptors (Lipinski definition) is 25. The van der Waals surface area contributed by atoms with E-state index in [4.69, 9.17) is 40.4 Å². The average molecular weight is 1430 g/mol. The molecule has 1 aliphatic carbocycles. The van der Waals surface area contributed by atoms with E-state index >= 15 is 9.59 Å². The zero-order chi connectivity index (χ0) is 68.3. The number of carboxylic acids is 2. The third kappa shape index (κ3) is 15.2. The van der Waals surface area contributed by atoms with Gasteiger partial charge in [-0.05, 0) is 68.0 Å². The second kappa shape index (κ2) is 29.0. The molecule has 2 aromatic carbocycles. The van der Waals surface area contributed by atoms with Crippen molar-refractivity contribution in [2.75, 3.05) is 13.1 Å². The lowest BCUT2D eigenvalue weighted by Crippen LogP contribution is -2.50. The normalized spacial score (nSPS) is 21.0. The maximum atomic E-state index is 15.3. The third-order valence-electron chi connectivity index (χ3n) is 16.7. The van der Waals surface area contributed by atoms with Gasteiger partial charge in [-0.25, -0.2) is 39.7 Å². The summed E-state index contributed by atoms with van der Waals surface area (Å²) < 4.78 is 5.97. The van der Waals surface area contributed by atoms with E-state index in [2.05, 4.69) is 26.3 Å². The number of fused-ring (bicyclic) bond motifs is 16. The quantitative estimate of drug-likeness (QED) is 0.0523. The van der Waals surface area contributed by atoms with E-state index in [0.717, 1.165) is 34.0 Å². The van der Waals surface area contributed by atoms with Crippen molar-refractivity contribution in [3.63, 3.8) is 0 Å². The molecule has 1 saturated carbocycles. The molecule has 6 amide bonds. The highest BCUT2D eigenvalue weighted by Crippen LogP contribution is 2.44. The second-order valence-corrected chi connectivity index (χ2v) is 28.9. The number of alkyl carbamates (subject to hydrolysis) is 1. The van der Waals surface area contributed by atoms with Gasteiger partial charge in [0, 0.05) is 68.7 Å². The molecule has 9 aromatic rings. The van der Waals surface area contributed by atoms with Crippen LogP contribution in [0, 0.1) is 18.8 Å². The molecular weight excluding hydrogens is 1370 g/mol. The summed E-state index contributed by atoms with van der Waals surface area (Å²) in [6.45, 7) is 2.45. The molecule has 1 saturated heterocycles. The molecule has 2 fully saturated rings. The molecule has 0 spiro atoms. The van der Waals surface area contributed by atoms with Crippen molar-refractivity contribution in [2.24, 2.45) is 17.6 Å². The minimum atomic E-state index is -1.37. The number of ether oxygens (including phenoxy) is 1. The van der Waals surface area contributed by atoms with Crippen LogP contribution < -0.4 is 27.0 Å². The Hall–Kier alpha value is -9.64. The summed E-state index contributed by atoms with van der Waals surface area (Å²) in [4.78, 5) is 158. The number of aryl methyl sites for hydroxylation is 1. The largest absolute Gasteiger partial charge is 0.508 e. The van der Waals surface area contributed by atoms with E-state index in [1.165, 1.54) is 61.8 Å². The van der Waals surface area contributed by atoms with Crippen LogP contribution in [0.15, 0.2) is 93.6 Å². The van der Waals surface area contributed by atoms with Crippen LogP contribution in [0.5, 0.6) is 5.75 Å². The Labute approximate surface area is 575 Å². The number of nitrogens with zero attached hydrogens (tertiary/aromatic N) is 8. The van der Waals surface area contributed by atoms with Crippen molar-refractivity contribution in [3.8, 4) is 49.1 Å². The van der Waals surface area contributed by atoms with Crippen LogP contribution in [0.1, 0.15) is 143 Å². The monoisotopic (exact) mass is 1430 g/mol. The van der Waals surface area contributed by atoms with Gasteiger partial charge in [-0.15, -0.1) is 68.0 Å². The number of pyridine rings is 1. The van der Waals surface area contributed by atoms with Gasteiger partial charge in [-0.3, -0.25) is 38.4 Å². The van der Waals surface area contributed by atoms with Crippen LogP contribution in [-0.4, -0.2) is 145 Å². The Morgan fingerprint density at radius 3 is 2.08 bits per heavy atom. The van der Waals surface area contributed by atoms with Crippen LogP contribution in [0.4, 0.5) is 4.79 Å². The van der Waals surface area contributed by atoms with Crippen LogP contribution in [-0.2, 0) is 30.3 Å². The van der Waals surface area contributed by atoms with Gasteiger partial charge in [0.1, 0.15) is 94.3 Å². The van der Waals surface area contributed by atoms with E-state index in [9.17, 15) is 54.0 Å². The standard InChI is InChI=1S/C64H59N13O14S6/c1-28-46(80)22-77-51(28)61-75-44(27-96-61)59-71-40(23-94-59)50-35(16-17-37(68-50)58-74-41(26-95-58)53(84)67-33-12-10-32(11-13-33)63(88)89)56-72-42(24-92-56)54(85)69-38(20-47(65)81)60-76-49(29(2)97-60)45(79)19-36(52(31-6-4-3-5-7-31)91-64(90)66-21-48(82)83)57-73-43(25-93-57)55(86)70-39(62(77)87)18-30-8-14-34(78)15-9-30/h3-9,14-17,23-28,32-33,36,38-39,46,51-52,78,80H,10-13,18-22H2,1-2H3,(H2,65,81)(H,66,90)(H,67,84)(H,69,85)(H,70,86)(H,82,83)(H,88,89)/t28-,32?,33?,36-,38-,39-,46-,51-,52+/m0/s1. The summed E-state index contributed by atoms with van der Waals surface area (Å²) >= 11 is 6.73. The fourth-order valence-electron chi connectivity index (χ4n) is 11.7. The van der Waals surface area contributed by atoms with Gasteiger partial charge in [-0.2, -0.15) is 0 Å². The van der Waals surface area contributed by atoms with Crippen LogP contribution in [0.25, 0.3) is 43.4 Å².